The molecular formula is C17H32N4O2. The standard InChI is InChI=1S/C17H32N4O2/c22-16(14-4-5-14)20-12-2-10-18-8-1-9-19-11-3-13-21-17(23)15-6-7-15/h14-15,18-19H,1-13H2,(H,20,22)(H,21,23). The lowest BCUT2D eigenvalue weighted by Crippen LogP contribution is -2.30. The molecule has 0 aromatic heterocycles. The molecule has 2 aliphatic carbocycles. The van der Waals surface area contributed by atoms with E-state index in [0.29, 0.717) is 11.8 Å². The number of rotatable bonds is 14. The molecule has 0 aromatic carbocycles. The lowest BCUT2D eigenvalue weighted by molar-refractivity contribution is -0.123. The van der Waals surface area contributed by atoms with Crippen LogP contribution < -0.4 is 21.3 Å². The molecule has 0 heterocycles. The van der Waals surface area contributed by atoms with E-state index in [-0.39, 0.29) is 11.8 Å². The largest absolute Gasteiger partial charge is 0.356 e. The van der Waals surface area contributed by atoms with Crippen LogP contribution in [0.15, 0.2) is 0 Å². The Morgan fingerprint density at radius 2 is 0.957 bits per heavy atom. The topological polar surface area (TPSA) is 82.3 Å². The first-order chi connectivity index (χ1) is 11.3. The predicted octanol–water partition coefficient (Wildman–Crippen LogP) is 0.388. The van der Waals surface area contributed by atoms with Crippen LogP contribution in [-0.4, -0.2) is 51.1 Å². The molecule has 132 valence electrons. The molecule has 0 aliphatic heterocycles. The summed E-state index contributed by atoms with van der Waals surface area (Å²) < 4.78 is 0. The van der Waals surface area contributed by atoms with Gasteiger partial charge < -0.3 is 21.3 Å². The van der Waals surface area contributed by atoms with Gasteiger partial charge >= 0.3 is 0 Å². The number of hydrogen-bond donors (Lipinski definition) is 4. The van der Waals surface area contributed by atoms with Gasteiger partial charge in [-0.05, 0) is 71.1 Å². The van der Waals surface area contributed by atoms with Crippen LogP contribution >= 0.6 is 0 Å². The van der Waals surface area contributed by atoms with Crippen molar-refractivity contribution < 1.29 is 9.59 Å². The maximum absolute atomic E-state index is 11.4. The number of carbonyl (C=O) groups excluding carboxylic acids is 2. The zero-order valence-electron chi connectivity index (χ0n) is 14.2. The van der Waals surface area contributed by atoms with Crippen LogP contribution in [0.2, 0.25) is 0 Å². The summed E-state index contributed by atoms with van der Waals surface area (Å²) in [6.45, 7) is 5.49. The van der Waals surface area contributed by atoms with Crippen molar-refractivity contribution in [2.45, 2.75) is 44.9 Å². The summed E-state index contributed by atoms with van der Waals surface area (Å²) in [4.78, 5) is 22.8. The SMILES string of the molecule is O=C(NCCCNCCCNCCCNC(=O)C1CC1)C1CC1. The molecule has 6 heteroatoms. The maximum Gasteiger partial charge on any atom is 0.223 e. The molecule has 0 saturated heterocycles. The number of carbonyl (C=O) groups is 2. The van der Waals surface area contributed by atoms with E-state index in [4.69, 9.17) is 0 Å². The van der Waals surface area contributed by atoms with E-state index in [1.54, 1.807) is 0 Å². The highest BCUT2D eigenvalue weighted by molar-refractivity contribution is 5.81. The first-order valence-electron chi connectivity index (χ1n) is 9.24. The first-order valence-corrected chi connectivity index (χ1v) is 9.24. The summed E-state index contributed by atoms with van der Waals surface area (Å²) in [5.41, 5.74) is 0. The van der Waals surface area contributed by atoms with E-state index < -0.39 is 0 Å². The highest BCUT2D eigenvalue weighted by Crippen LogP contribution is 2.29. The lowest BCUT2D eigenvalue weighted by atomic mass is 10.3. The second-order valence-electron chi connectivity index (χ2n) is 6.69. The van der Waals surface area contributed by atoms with Crippen molar-refractivity contribution in [3.8, 4) is 0 Å². The second-order valence-corrected chi connectivity index (χ2v) is 6.69. The smallest absolute Gasteiger partial charge is 0.223 e. The van der Waals surface area contributed by atoms with Gasteiger partial charge in [-0.1, -0.05) is 0 Å². The molecule has 0 unspecified atom stereocenters. The number of nitrogens with one attached hydrogen (secondary N) is 4. The van der Waals surface area contributed by atoms with E-state index in [1.807, 2.05) is 0 Å². The Labute approximate surface area is 139 Å². The Balaban J connectivity index is 1.23. The Hall–Kier alpha value is -1.14. The second kappa shape index (κ2) is 10.6. The van der Waals surface area contributed by atoms with Crippen LogP contribution in [0.1, 0.15) is 44.9 Å². The average Bonchev–Trinajstić information content (AvgIpc) is 3.41. The third-order valence-corrected chi connectivity index (χ3v) is 4.26. The molecule has 2 fully saturated rings. The van der Waals surface area contributed by atoms with Crippen molar-refractivity contribution in [2.75, 3.05) is 39.3 Å². The summed E-state index contributed by atoms with van der Waals surface area (Å²) in [5.74, 6) is 1.11. The van der Waals surface area contributed by atoms with Crippen LogP contribution in [0.25, 0.3) is 0 Å². The Morgan fingerprint density at radius 1 is 0.609 bits per heavy atom. The van der Waals surface area contributed by atoms with Crippen LogP contribution in [0.5, 0.6) is 0 Å². The molecule has 0 bridgehead atoms. The normalized spacial score (nSPS) is 17.0. The van der Waals surface area contributed by atoms with Crippen molar-refractivity contribution in [3.63, 3.8) is 0 Å². The fourth-order valence-electron chi connectivity index (χ4n) is 2.42. The van der Waals surface area contributed by atoms with Gasteiger partial charge in [-0.15, -0.1) is 0 Å². The average molecular weight is 324 g/mol. The molecule has 2 aliphatic rings. The molecule has 23 heavy (non-hydrogen) atoms. The molecule has 4 N–H and O–H groups in total. The number of amides is 2. The summed E-state index contributed by atoms with van der Waals surface area (Å²) in [5, 5.41) is 12.7. The third kappa shape index (κ3) is 8.91. The molecule has 2 rings (SSSR count). The van der Waals surface area contributed by atoms with Crippen LogP contribution in [0.3, 0.4) is 0 Å². The fraction of sp³-hybridized carbons (Fsp3) is 0.882. The van der Waals surface area contributed by atoms with Crippen LogP contribution in [-0.2, 0) is 9.59 Å². The molecule has 2 amide bonds. The summed E-state index contributed by atoms with van der Waals surface area (Å²) in [6.07, 6.45) is 7.38. The minimum Gasteiger partial charge on any atom is -0.356 e. The quantitative estimate of drug-likeness (QED) is 0.348. The summed E-state index contributed by atoms with van der Waals surface area (Å²) in [6, 6.07) is 0. The Morgan fingerprint density at radius 3 is 1.30 bits per heavy atom. The van der Waals surface area contributed by atoms with Crippen molar-refractivity contribution in [1.29, 1.82) is 0 Å². The van der Waals surface area contributed by atoms with Gasteiger partial charge in [0.15, 0.2) is 0 Å². The zero-order valence-corrected chi connectivity index (χ0v) is 14.2. The molecule has 2 saturated carbocycles. The van der Waals surface area contributed by atoms with Crippen molar-refractivity contribution >= 4 is 11.8 Å². The Kier molecular flexibility index (Phi) is 8.39. The van der Waals surface area contributed by atoms with Gasteiger partial charge in [-0.25, -0.2) is 0 Å². The van der Waals surface area contributed by atoms with Crippen molar-refractivity contribution in [3.05, 3.63) is 0 Å². The van der Waals surface area contributed by atoms with Gasteiger partial charge in [0.25, 0.3) is 0 Å². The van der Waals surface area contributed by atoms with Gasteiger partial charge in [0.2, 0.25) is 11.8 Å². The maximum atomic E-state index is 11.4. The van der Waals surface area contributed by atoms with E-state index in [1.165, 1.54) is 0 Å². The van der Waals surface area contributed by atoms with Crippen LogP contribution in [0.4, 0.5) is 0 Å². The highest BCUT2D eigenvalue weighted by atomic mass is 16.2. The van der Waals surface area contributed by atoms with Gasteiger partial charge in [-0.3, -0.25) is 9.59 Å². The Bertz CT molecular complexity index is 334. The lowest BCUT2D eigenvalue weighted by Gasteiger charge is -2.08. The van der Waals surface area contributed by atoms with E-state index in [2.05, 4.69) is 21.3 Å². The minimum absolute atomic E-state index is 0.238. The highest BCUT2D eigenvalue weighted by Gasteiger charge is 2.29. The summed E-state index contributed by atoms with van der Waals surface area (Å²) in [7, 11) is 0. The van der Waals surface area contributed by atoms with E-state index in [9.17, 15) is 9.59 Å². The monoisotopic (exact) mass is 324 g/mol. The van der Waals surface area contributed by atoms with Crippen molar-refractivity contribution in [1.82, 2.24) is 21.3 Å². The molecule has 0 radical (unpaired) electrons. The van der Waals surface area contributed by atoms with Crippen LogP contribution in [0, 0.1) is 11.8 Å². The minimum atomic E-state index is 0.238. The zero-order chi connectivity index (χ0) is 16.3. The molecule has 0 atom stereocenters. The first kappa shape index (κ1) is 18.2. The molecular weight excluding hydrogens is 292 g/mol. The third-order valence-electron chi connectivity index (χ3n) is 4.26. The van der Waals surface area contributed by atoms with Gasteiger partial charge in [-0.2, -0.15) is 0 Å². The van der Waals surface area contributed by atoms with E-state index >= 15 is 0 Å². The van der Waals surface area contributed by atoms with Gasteiger partial charge in [0, 0.05) is 24.9 Å². The van der Waals surface area contributed by atoms with Gasteiger partial charge in [0.05, 0.1) is 0 Å². The molecule has 6 nitrogen and oxygen atoms in total. The van der Waals surface area contributed by atoms with E-state index in [0.717, 1.165) is 84.2 Å². The summed E-state index contributed by atoms with van der Waals surface area (Å²) >= 11 is 0. The predicted molar refractivity (Wildman–Crippen MR) is 91.1 cm³/mol. The molecule has 0 spiro atoms. The van der Waals surface area contributed by atoms with Crippen molar-refractivity contribution in [2.24, 2.45) is 11.8 Å². The molecule has 0 aromatic rings. The number of hydrogen-bond acceptors (Lipinski definition) is 4. The van der Waals surface area contributed by atoms with Gasteiger partial charge in [0.1, 0.15) is 0 Å². The fourth-order valence-corrected chi connectivity index (χ4v) is 2.42.